The van der Waals surface area contributed by atoms with E-state index in [9.17, 15) is 0 Å². The monoisotopic (exact) mass is 227 g/mol. The van der Waals surface area contributed by atoms with Gasteiger partial charge in [-0.15, -0.1) is 0 Å². The summed E-state index contributed by atoms with van der Waals surface area (Å²) in [6.07, 6.45) is 7.21. The second-order valence-electron chi connectivity index (χ2n) is 1.23. The molecule has 0 radical (unpaired) electrons. The molecule has 0 aliphatic heterocycles. The number of allylic oxidation sites excluding steroid dienone is 4. The van der Waals surface area contributed by atoms with E-state index in [-0.39, 0.29) is 20.4 Å². The van der Waals surface area contributed by atoms with Gasteiger partial charge in [0.2, 0.25) is 0 Å². The van der Waals surface area contributed by atoms with E-state index in [1.807, 2.05) is 12.2 Å². The van der Waals surface area contributed by atoms with Gasteiger partial charge in [0.25, 0.3) is 0 Å². The molecule has 0 atom stereocenters. The van der Waals surface area contributed by atoms with E-state index in [0.717, 1.165) is 6.42 Å². The first-order valence-corrected chi connectivity index (χ1v) is 2.45. The van der Waals surface area contributed by atoms with Crippen molar-refractivity contribution in [3.05, 3.63) is 22.7 Å². The fourth-order valence-corrected chi connectivity index (χ4v) is 0.652. The average Bonchev–Trinajstić information content (AvgIpc) is 1.86. The molecule has 43 valence electrons. The van der Waals surface area contributed by atoms with Gasteiger partial charge in [0.1, 0.15) is 0 Å². The molecule has 0 unspecified atom stereocenters. The molecule has 1 aliphatic rings. The third kappa shape index (κ3) is 2.47. The van der Waals surface area contributed by atoms with E-state index in [2.05, 4.69) is 22.1 Å². The van der Waals surface area contributed by atoms with Crippen molar-refractivity contribution in [2.75, 3.05) is 0 Å². The Hall–Kier alpha value is 0.662. The van der Waals surface area contributed by atoms with Crippen LogP contribution < -0.4 is 0 Å². The van der Waals surface area contributed by atoms with Crippen LogP contribution in [0.5, 0.6) is 0 Å². The Morgan fingerprint density at radius 3 is 2.43 bits per heavy atom. The summed E-state index contributed by atoms with van der Waals surface area (Å²) < 4.78 is 1.22. The van der Waals surface area contributed by atoms with Crippen LogP contribution in [0, 0.1) is 0 Å². The summed E-state index contributed by atoms with van der Waals surface area (Å²) >= 11 is 3.74. The van der Waals surface area contributed by atoms with Crippen LogP contribution >= 0.6 is 0 Å². The molecule has 1 aliphatic carbocycles. The molecule has 0 saturated carbocycles. The molecule has 0 N–H and O–H groups in total. The molecule has 0 nitrogen and oxygen atoms in total. The first-order valence-electron chi connectivity index (χ1n) is 1.89. The van der Waals surface area contributed by atoms with Crippen LogP contribution in [0.15, 0.2) is 22.7 Å². The van der Waals surface area contributed by atoms with Crippen molar-refractivity contribution in [3.63, 3.8) is 0 Å². The minimum atomic E-state index is 0. The van der Waals surface area contributed by atoms with Crippen molar-refractivity contribution in [3.8, 4) is 0 Å². The molecule has 0 amide bonds. The molecule has 0 bridgehead atoms. The summed E-state index contributed by atoms with van der Waals surface area (Å²) in [5.41, 5.74) is 0. The van der Waals surface area contributed by atoms with Crippen LogP contribution in [0.2, 0.25) is 0 Å². The van der Waals surface area contributed by atoms with Gasteiger partial charge in [-0.2, -0.15) is 0 Å². The maximum atomic E-state index is 3.74. The number of hydrogen-bond acceptors (Lipinski definition) is 0. The maximum Gasteiger partial charge on any atom is 0 e. The SMILES string of the molecule is [Fe][C]1=CC=CC1.[Pd]. The second kappa shape index (κ2) is 3.64. The van der Waals surface area contributed by atoms with Crippen LogP contribution in [-0.2, 0) is 36.4 Å². The predicted molar refractivity (Wildman–Crippen MR) is 21.8 cm³/mol. The maximum absolute atomic E-state index is 3.74. The van der Waals surface area contributed by atoms with Crippen molar-refractivity contribution < 1.29 is 36.4 Å². The topological polar surface area (TPSA) is 0 Å². The van der Waals surface area contributed by atoms with E-state index >= 15 is 0 Å². The first-order chi connectivity index (χ1) is 2.89. The van der Waals surface area contributed by atoms with Crippen LogP contribution in [0.25, 0.3) is 0 Å². The molecule has 0 saturated heterocycles. The Morgan fingerprint density at radius 1 is 1.57 bits per heavy atom. The zero-order valence-electron chi connectivity index (χ0n) is 3.61. The minimum Gasteiger partial charge on any atom is 0 e. The van der Waals surface area contributed by atoms with Gasteiger partial charge in [-0.25, -0.2) is 0 Å². The Labute approximate surface area is 65.5 Å². The first kappa shape index (κ1) is 7.66. The number of hydrogen-bond donors (Lipinski definition) is 0. The molecule has 0 aromatic rings. The third-order valence-electron chi connectivity index (χ3n) is 0.717. The molecule has 2 heteroatoms. The van der Waals surface area contributed by atoms with E-state index in [0.29, 0.717) is 0 Å². The van der Waals surface area contributed by atoms with E-state index in [1.54, 1.807) is 0 Å². The van der Waals surface area contributed by atoms with E-state index in [4.69, 9.17) is 0 Å². The van der Waals surface area contributed by atoms with E-state index in [1.165, 1.54) is 4.47 Å². The largest absolute Gasteiger partial charge is 0 e. The smallest absolute Gasteiger partial charge is 0 e. The summed E-state index contributed by atoms with van der Waals surface area (Å²) in [6.45, 7) is 0. The molecule has 0 aromatic carbocycles. The molecular weight excluding hydrogens is 222 g/mol. The van der Waals surface area contributed by atoms with Gasteiger partial charge in [0.15, 0.2) is 0 Å². The standard InChI is InChI=1S/C5H5.Fe.Pd/c1-2-4-5-3-1;;/h1-3H,4H2;;. The summed E-state index contributed by atoms with van der Waals surface area (Å²) in [5.74, 6) is 0. The summed E-state index contributed by atoms with van der Waals surface area (Å²) in [5, 5.41) is 0. The van der Waals surface area contributed by atoms with Crippen molar-refractivity contribution in [1.29, 1.82) is 0 Å². The molecule has 0 aromatic heterocycles. The van der Waals surface area contributed by atoms with Crippen molar-refractivity contribution in [2.45, 2.75) is 6.42 Å². The normalized spacial score (nSPS) is 15.9. The molecule has 1 rings (SSSR count). The average molecular weight is 227 g/mol. The van der Waals surface area contributed by atoms with Gasteiger partial charge < -0.3 is 0 Å². The zero-order valence-corrected chi connectivity index (χ0v) is 6.27. The third-order valence-corrected chi connectivity index (χ3v) is 1.13. The van der Waals surface area contributed by atoms with Crippen molar-refractivity contribution >= 4 is 0 Å². The van der Waals surface area contributed by atoms with Gasteiger partial charge in [0.05, 0.1) is 0 Å². The predicted octanol–water partition coefficient (Wildman–Crippen LogP) is 1.37. The Kier molecular flexibility index (Phi) is 3.98. The van der Waals surface area contributed by atoms with Gasteiger partial charge in [-0.3, -0.25) is 0 Å². The Bertz CT molecular complexity index is 105. The van der Waals surface area contributed by atoms with Crippen LogP contribution in [0.3, 0.4) is 0 Å². The minimum absolute atomic E-state index is 0. The molecule has 7 heavy (non-hydrogen) atoms. The summed E-state index contributed by atoms with van der Waals surface area (Å²) in [6, 6.07) is 0. The number of rotatable bonds is 0. The van der Waals surface area contributed by atoms with Crippen LogP contribution in [0.4, 0.5) is 0 Å². The molecule has 0 heterocycles. The fraction of sp³-hybridized carbons (Fsp3) is 0.200. The zero-order chi connectivity index (χ0) is 4.41. The summed E-state index contributed by atoms with van der Waals surface area (Å²) in [7, 11) is 0. The Morgan fingerprint density at radius 2 is 2.29 bits per heavy atom. The molecular formula is C5H5FePd. The molecule has 0 fully saturated rings. The Balaban J connectivity index is 0.000000360. The molecule has 0 spiro atoms. The van der Waals surface area contributed by atoms with Gasteiger partial charge in [-0.1, -0.05) is 0 Å². The fourth-order valence-electron chi connectivity index (χ4n) is 0.416. The van der Waals surface area contributed by atoms with Crippen LogP contribution in [0.1, 0.15) is 6.42 Å². The van der Waals surface area contributed by atoms with Crippen molar-refractivity contribution in [2.24, 2.45) is 0 Å². The van der Waals surface area contributed by atoms with Gasteiger partial charge >= 0.3 is 45.1 Å². The van der Waals surface area contributed by atoms with Crippen molar-refractivity contribution in [1.82, 2.24) is 0 Å². The van der Waals surface area contributed by atoms with Gasteiger partial charge in [-0.05, 0) is 0 Å². The second-order valence-corrected chi connectivity index (χ2v) is 1.94. The van der Waals surface area contributed by atoms with E-state index < -0.39 is 0 Å². The summed E-state index contributed by atoms with van der Waals surface area (Å²) in [4.78, 5) is 0. The van der Waals surface area contributed by atoms with Crippen LogP contribution in [-0.4, -0.2) is 0 Å². The quantitative estimate of drug-likeness (QED) is 0.548. The van der Waals surface area contributed by atoms with Gasteiger partial charge in [0, 0.05) is 20.4 Å².